The summed E-state index contributed by atoms with van der Waals surface area (Å²) in [5.74, 6) is 0.181. The Morgan fingerprint density at radius 2 is 2.25 bits per heavy atom. The van der Waals surface area contributed by atoms with Gasteiger partial charge in [0.15, 0.2) is 0 Å². The third-order valence-electron chi connectivity index (χ3n) is 2.73. The van der Waals surface area contributed by atoms with Crippen molar-refractivity contribution in [3.8, 4) is 0 Å². The first kappa shape index (κ1) is 14.2. The van der Waals surface area contributed by atoms with Crippen molar-refractivity contribution in [2.45, 2.75) is 11.4 Å². The van der Waals surface area contributed by atoms with E-state index in [0.29, 0.717) is 5.82 Å². The maximum absolute atomic E-state index is 12.2. The van der Waals surface area contributed by atoms with Crippen LogP contribution in [-0.2, 0) is 23.6 Å². The fraction of sp³-hybridized carbons (Fsp3) is 0.300. The molecule has 1 amide bonds. The average Bonchev–Trinajstić information content (AvgIpc) is 2.96. The molecule has 9 nitrogen and oxygen atoms in total. The van der Waals surface area contributed by atoms with Crippen molar-refractivity contribution in [2.75, 3.05) is 7.05 Å². The fourth-order valence-corrected chi connectivity index (χ4v) is 2.28. The van der Waals surface area contributed by atoms with Gasteiger partial charge in [-0.15, -0.1) is 0 Å². The number of hydrogen-bond donors (Lipinski definition) is 2. The Bertz CT molecular complexity index is 718. The summed E-state index contributed by atoms with van der Waals surface area (Å²) >= 11 is 0. The third-order valence-corrected chi connectivity index (χ3v) is 3.61. The highest BCUT2D eigenvalue weighted by molar-refractivity contribution is 7.89. The molecule has 0 spiro atoms. The number of rotatable bonds is 4. The van der Waals surface area contributed by atoms with Crippen LogP contribution in [0.25, 0.3) is 0 Å². The van der Waals surface area contributed by atoms with E-state index in [1.165, 1.54) is 28.1 Å². The van der Waals surface area contributed by atoms with Gasteiger partial charge in [-0.2, -0.15) is 5.10 Å². The SMILES string of the molecule is CN(Cc1ncn[nH]1)C(=O)c1cc(S(N)(=O)=O)cn1C. The second-order valence-corrected chi connectivity index (χ2v) is 5.87. The summed E-state index contributed by atoms with van der Waals surface area (Å²) in [5.41, 5.74) is 0.219. The number of aryl methyl sites for hydroxylation is 1. The minimum absolute atomic E-state index is 0.101. The van der Waals surface area contributed by atoms with Gasteiger partial charge in [0, 0.05) is 20.3 Å². The highest BCUT2D eigenvalue weighted by Crippen LogP contribution is 2.14. The molecule has 0 bridgehead atoms. The van der Waals surface area contributed by atoms with Crippen molar-refractivity contribution in [1.29, 1.82) is 0 Å². The van der Waals surface area contributed by atoms with E-state index < -0.39 is 10.0 Å². The van der Waals surface area contributed by atoms with Crippen molar-refractivity contribution in [3.63, 3.8) is 0 Å². The quantitative estimate of drug-likeness (QED) is 0.753. The van der Waals surface area contributed by atoms with E-state index in [9.17, 15) is 13.2 Å². The van der Waals surface area contributed by atoms with E-state index >= 15 is 0 Å². The van der Waals surface area contributed by atoms with Crippen LogP contribution < -0.4 is 5.14 Å². The van der Waals surface area contributed by atoms with E-state index in [0.717, 1.165) is 0 Å². The highest BCUT2D eigenvalue weighted by Gasteiger charge is 2.20. The molecule has 0 aromatic carbocycles. The van der Waals surface area contributed by atoms with E-state index in [4.69, 9.17) is 5.14 Å². The minimum Gasteiger partial charge on any atom is -0.345 e. The standard InChI is InChI=1S/C10H14N6O3S/c1-15-4-7(20(11,18)19)3-8(15)10(17)16(2)5-9-12-6-13-14-9/h3-4,6H,5H2,1-2H3,(H2,11,18,19)(H,12,13,14). The van der Waals surface area contributed by atoms with E-state index in [-0.39, 0.29) is 23.0 Å². The lowest BCUT2D eigenvalue weighted by molar-refractivity contribution is 0.0772. The smallest absolute Gasteiger partial charge is 0.270 e. The maximum atomic E-state index is 12.2. The van der Waals surface area contributed by atoms with Crippen LogP contribution in [-0.4, -0.2) is 46.0 Å². The number of aromatic amines is 1. The largest absolute Gasteiger partial charge is 0.345 e. The molecule has 2 aromatic rings. The first-order valence-corrected chi connectivity index (χ1v) is 7.12. The van der Waals surface area contributed by atoms with Gasteiger partial charge in [0.25, 0.3) is 5.91 Å². The van der Waals surface area contributed by atoms with E-state index in [1.807, 2.05) is 0 Å². The second kappa shape index (κ2) is 5.06. The molecule has 0 aliphatic heterocycles. The summed E-state index contributed by atoms with van der Waals surface area (Å²) < 4.78 is 23.9. The van der Waals surface area contributed by atoms with Gasteiger partial charge in [-0.1, -0.05) is 0 Å². The lowest BCUT2D eigenvalue weighted by atomic mass is 10.3. The molecule has 2 aromatic heterocycles. The Kier molecular flexibility index (Phi) is 3.59. The first-order chi connectivity index (χ1) is 9.29. The highest BCUT2D eigenvalue weighted by atomic mass is 32.2. The van der Waals surface area contributed by atoms with Crippen LogP contribution in [0.5, 0.6) is 0 Å². The molecule has 10 heteroatoms. The zero-order chi connectivity index (χ0) is 14.9. The van der Waals surface area contributed by atoms with E-state index in [1.54, 1.807) is 14.1 Å². The summed E-state index contributed by atoms with van der Waals surface area (Å²) in [6, 6.07) is 1.24. The second-order valence-electron chi connectivity index (χ2n) is 4.31. The Hall–Kier alpha value is -2.20. The molecule has 0 aliphatic carbocycles. The lowest BCUT2D eigenvalue weighted by Crippen LogP contribution is -2.28. The number of aromatic nitrogens is 4. The predicted octanol–water partition coefficient (Wildman–Crippen LogP) is -0.937. The number of primary sulfonamides is 1. The molecular weight excluding hydrogens is 284 g/mol. The van der Waals surface area contributed by atoms with Gasteiger partial charge in [-0.25, -0.2) is 18.5 Å². The van der Waals surface area contributed by atoms with Gasteiger partial charge in [0.1, 0.15) is 22.7 Å². The van der Waals surface area contributed by atoms with Crippen LogP contribution in [0.1, 0.15) is 16.3 Å². The molecule has 20 heavy (non-hydrogen) atoms. The Balaban J connectivity index is 2.23. The molecule has 108 valence electrons. The van der Waals surface area contributed by atoms with Crippen LogP contribution in [0.3, 0.4) is 0 Å². The molecule has 0 fully saturated rings. The average molecular weight is 298 g/mol. The number of carbonyl (C=O) groups excluding carboxylic acids is 1. The summed E-state index contributed by atoms with van der Waals surface area (Å²) in [4.78, 5) is 17.4. The molecule has 0 radical (unpaired) electrons. The molecule has 2 rings (SSSR count). The maximum Gasteiger partial charge on any atom is 0.270 e. The predicted molar refractivity (Wildman–Crippen MR) is 69.0 cm³/mol. The summed E-state index contributed by atoms with van der Waals surface area (Å²) in [7, 11) is -0.682. The molecule has 0 atom stereocenters. The van der Waals surface area contributed by atoms with Crippen molar-refractivity contribution in [1.82, 2.24) is 24.6 Å². The molecular formula is C10H14N6O3S. The van der Waals surface area contributed by atoms with E-state index in [2.05, 4.69) is 15.2 Å². The zero-order valence-corrected chi connectivity index (χ0v) is 11.8. The molecule has 3 N–H and O–H groups in total. The Morgan fingerprint density at radius 1 is 1.55 bits per heavy atom. The van der Waals surface area contributed by atoms with Crippen LogP contribution >= 0.6 is 0 Å². The summed E-state index contributed by atoms with van der Waals surface area (Å²) in [6.45, 7) is 0.231. The number of nitrogens with one attached hydrogen (secondary N) is 1. The van der Waals surface area contributed by atoms with Gasteiger partial charge in [0.2, 0.25) is 10.0 Å². The van der Waals surface area contributed by atoms with Crippen molar-refractivity contribution >= 4 is 15.9 Å². The molecule has 0 unspecified atom stereocenters. The lowest BCUT2D eigenvalue weighted by Gasteiger charge is -2.15. The van der Waals surface area contributed by atoms with Crippen LogP contribution in [0.4, 0.5) is 0 Å². The number of H-pyrrole nitrogens is 1. The van der Waals surface area contributed by atoms with Crippen LogP contribution in [0, 0.1) is 0 Å². The van der Waals surface area contributed by atoms with Crippen LogP contribution in [0.2, 0.25) is 0 Å². The van der Waals surface area contributed by atoms with Gasteiger partial charge in [0.05, 0.1) is 6.54 Å². The topological polar surface area (TPSA) is 127 Å². The van der Waals surface area contributed by atoms with Crippen molar-refractivity contribution < 1.29 is 13.2 Å². The monoisotopic (exact) mass is 298 g/mol. The zero-order valence-electron chi connectivity index (χ0n) is 10.9. The number of nitrogens with zero attached hydrogens (tertiary/aromatic N) is 4. The Labute approximate surface area is 115 Å². The number of carbonyl (C=O) groups is 1. The third kappa shape index (κ3) is 2.86. The van der Waals surface area contributed by atoms with Gasteiger partial charge in [-0.3, -0.25) is 9.89 Å². The molecule has 0 saturated heterocycles. The van der Waals surface area contributed by atoms with Crippen molar-refractivity contribution in [2.24, 2.45) is 12.2 Å². The van der Waals surface area contributed by atoms with Crippen molar-refractivity contribution in [3.05, 3.63) is 30.1 Å². The van der Waals surface area contributed by atoms with Gasteiger partial charge < -0.3 is 9.47 Å². The number of sulfonamides is 1. The molecule has 0 saturated carbocycles. The normalized spacial score (nSPS) is 11.6. The fourth-order valence-electron chi connectivity index (χ4n) is 1.70. The van der Waals surface area contributed by atoms with Crippen LogP contribution in [0.15, 0.2) is 23.5 Å². The summed E-state index contributed by atoms with van der Waals surface area (Å²) in [5, 5.41) is 11.4. The van der Waals surface area contributed by atoms with Gasteiger partial charge >= 0.3 is 0 Å². The number of nitrogens with two attached hydrogens (primary N) is 1. The molecule has 2 heterocycles. The Morgan fingerprint density at radius 3 is 2.75 bits per heavy atom. The summed E-state index contributed by atoms with van der Waals surface area (Å²) in [6.07, 6.45) is 2.64. The van der Waals surface area contributed by atoms with Gasteiger partial charge in [-0.05, 0) is 6.07 Å². The first-order valence-electron chi connectivity index (χ1n) is 5.58. The number of amides is 1. The molecule has 0 aliphatic rings. The number of hydrogen-bond acceptors (Lipinski definition) is 5. The minimum atomic E-state index is -3.83.